The minimum Gasteiger partial charge on any atom is -0.352 e. The van der Waals surface area contributed by atoms with Crippen LogP contribution in [0.25, 0.3) is 10.2 Å². The summed E-state index contributed by atoms with van der Waals surface area (Å²) in [6, 6.07) is 10.1. The van der Waals surface area contributed by atoms with Gasteiger partial charge in [-0.05, 0) is 42.7 Å². The fourth-order valence-corrected chi connectivity index (χ4v) is 6.33. The van der Waals surface area contributed by atoms with Crippen LogP contribution in [0, 0.1) is 5.92 Å². The lowest BCUT2D eigenvalue weighted by Crippen LogP contribution is -2.52. The number of thiophene rings is 1. The molecule has 1 aliphatic carbocycles. The quantitative estimate of drug-likeness (QED) is 0.590. The van der Waals surface area contributed by atoms with Gasteiger partial charge in [-0.1, -0.05) is 44.2 Å². The van der Waals surface area contributed by atoms with Gasteiger partial charge in [-0.25, -0.2) is 14.8 Å². The van der Waals surface area contributed by atoms with Gasteiger partial charge in [0.05, 0.1) is 5.39 Å². The Morgan fingerprint density at radius 1 is 1.15 bits per heavy atom. The fraction of sp³-hybridized carbons (Fsp3) is 0.500. The van der Waals surface area contributed by atoms with E-state index in [-0.39, 0.29) is 6.03 Å². The molecule has 0 unspecified atom stereocenters. The average molecular weight is 464 g/mol. The van der Waals surface area contributed by atoms with E-state index in [4.69, 9.17) is 9.97 Å². The van der Waals surface area contributed by atoms with Gasteiger partial charge in [0.15, 0.2) is 0 Å². The molecule has 1 aliphatic heterocycles. The van der Waals surface area contributed by atoms with Gasteiger partial charge in [0.25, 0.3) is 0 Å². The molecule has 2 aromatic heterocycles. The molecule has 6 nitrogen and oxygen atoms in total. The lowest BCUT2D eigenvalue weighted by molar-refractivity contribution is 0.194. The third-order valence-corrected chi connectivity index (χ3v) is 7.96. The highest BCUT2D eigenvalue weighted by Gasteiger charge is 2.28. The highest BCUT2D eigenvalue weighted by atomic mass is 32.1. The van der Waals surface area contributed by atoms with E-state index in [1.807, 2.05) is 46.6 Å². The van der Waals surface area contributed by atoms with Crippen LogP contribution in [0.4, 0.5) is 10.6 Å². The highest BCUT2D eigenvalue weighted by molar-refractivity contribution is 7.19. The Morgan fingerprint density at radius 3 is 2.70 bits per heavy atom. The maximum atomic E-state index is 12.7. The van der Waals surface area contributed by atoms with Crippen molar-refractivity contribution in [2.75, 3.05) is 31.1 Å². The predicted octanol–water partition coefficient (Wildman–Crippen LogP) is 4.80. The molecule has 5 rings (SSSR count). The number of aryl methyl sites for hydroxylation is 2. The second-order valence-corrected chi connectivity index (χ2v) is 10.4. The van der Waals surface area contributed by atoms with Crippen molar-refractivity contribution in [2.45, 2.75) is 52.5 Å². The first-order valence-electron chi connectivity index (χ1n) is 12.2. The van der Waals surface area contributed by atoms with Crippen LogP contribution < -0.4 is 10.2 Å². The molecule has 1 atom stereocenters. The number of benzene rings is 1. The minimum atomic E-state index is 0.0138. The van der Waals surface area contributed by atoms with E-state index in [2.05, 4.69) is 24.1 Å². The summed E-state index contributed by atoms with van der Waals surface area (Å²) in [5.41, 5.74) is 2.60. The minimum absolute atomic E-state index is 0.0138. The molecule has 174 valence electrons. The number of nitrogens with zero attached hydrogens (tertiary/aromatic N) is 4. The zero-order valence-electron chi connectivity index (χ0n) is 19.6. The first-order valence-corrected chi connectivity index (χ1v) is 13.1. The van der Waals surface area contributed by atoms with Crippen molar-refractivity contribution in [1.29, 1.82) is 0 Å². The van der Waals surface area contributed by atoms with Crippen molar-refractivity contribution in [3.63, 3.8) is 0 Å². The molecule has 2 aliphatic rings. The van der Waals surface area contributed by atoms with E-state index in [1.54, 1.807) is 0 Å². The van der Waals surface area contributed by atoms with E-state index in [1.165, 1.54) is 22.2 Å². The van der Waals surface area contributed by atoms with Gasteiger partial charge < -0.3 is 15.1 Å². The molecule has 0 saturated carbocycles. The molecule has 33 heavy (non-hydrogen) atoms. The molecule has 1 saturated heterocycles. The maximum Gasteiger partial charge on any atom is 0.317 e. The number of rotatable bonds is 5. The molecular weight excluding hydrogens is 430 g/mol. The number of carbonyl (C=O) groups excluding carboxylic acids is 1. The molecule has 0 spiro atoms. The number of piperazine rings is 1. The lowest BCUT2D eigenvalue weighted by atomic mass is 9.89. The Balaban J connectivity index is 1.33. The normalized spacial score (nSPS) is 18.4. The molecule has 7 heteroatoms. The van der Waals surface area contributed by atoms with Gasteiger partial charge in [0.1, 0.15) is 16.5 Å². The van der Waals surface area contributed by atoms with Crippen LogP contribution in [-0.4, -0.2) is 47.1 Å². The Kier molecular flexibility index (Phi) is 6.49. The summed E-state index contributed by atoms with van der Waals surface area (Å²) in [5.74, 6) is 2.80. The molecule has 0 bridgehead atoms. The maximum absolute atomic E-state index is 12.7. The molecule has 1 aromatic carbocycles. The van der Waals surface area contributed by atoms with Crippen LogP contribution in [0.3, 0.4) is 0 Å². The number of urea groups is 1. The Morgan fingerprint density at radius 2 is 1.94 bits per heavy atom. The van der Waals surface area contributed by atoms with Crippen LogP contribution in [0.5, 0.6) is 0 Å². The van der Waals surface area contributed by atoms with E-state index < -0.39 is 0 Å². The van der Waals surface area contributed by atoms with Gasteiger partial charge >= 0.3 is 6.03 Å². The third-order valence-electron chi connectivity index (χ3n) is 6.81. The van der Waals surface area contributed by atoms with Crippen LogP contribution in [0.1, 0.15) is 48.5 Å². The van der Waals surface area contributed by atoms with Gasteiger partial charge in [-0.2, -0.15) is 0 Å². The highest BCUT2D eigenvalue weighted by Crippen LogP contribution is 2.41. The van der Waals surface area contributed by atoms with E-state index >= 15 is 0 Å². The van der Waals surface area contributed by atoms with E-state index in [0.29, 0.717) is 19.6 Å². The zero-order valence-corrected chi connectivity index (χ0v) is 20.5. The molecule has 3 heterocycles. The number of aromatic nitrogens is 2. The number of hydrogen-bond donors (Lipinski definition) is 1. The fourth-order valence-electron chi connectivity index (χ4n) is 4.94. The Labute approximate surface area is 200 Å². The number of nitrogens with one attached hydrogen (secondary N) is 1. The Bertz CT molecular complexity index is 1120. The first kappa shape index (κ1) is 22.1. The number of hydrogen-bond acceptors (Lipinski definition) is 5. The van der Waals surface area contributed by atoms with E-state index in [9.17, 15) is 4.79 Å². The summed E-state index contributed by atoms with van der Waals surface area (Å²) in [7, 11) is 0. The second-order valence-electron chi connectivity index (χ2n) is 9.36. The monoisotopic (exact) mass is 463 g/mol. The first-order chi connectivity index (χ1) is 16.1. The summed E-state index contributed by atoms with van der Waals surface area (Å²) in [4.78, 5) is 29.7. The van der Waals surface area contributed by atoms with Crippen LogP contribution in [0.2, 0.25) is 0 Å². The van der Waals surface area contributed by atoms with Gasteiger partial charge in [0.2, 0.25) is 0 Å². The van der Waals surface area contributed by atoms with Crippen molar-refractivity contribution in [3.8, 4) is 0 Å². The number of fused-ring (bicyclic) bond motifs is 3. The summed E-state index contributed by atoms with van der Waals surface area (Å²) in [6.07, 6.45) is 5.48. The van der Waals surface area contributed by atoms with Gasteiger partial charge in [-0.15, -0.1) is 11.3 Å². The molecular formula is C26H33N5OS. The second kappa shape index (κ2) is 9.67. The van der Waals surface area contributed by atoms with Crippen LogP contribution >= 0.6 is 11.3 Å². The number of carbonyl (C=O) groups is 1. The summed E-state index contributed by atoms with van der Waals surface area (Å²) >= 11 is 1.88. The predicted molar refractivity (Wildman–Crippen MR) is 135 cm³/mol. The van der Waals surface area contributed by atoms with Crippen molar-refractivity contribution in [2.24, 2.45) is 5.92 Å². The standard InChI is InChI=1S/C26H33N5OS/c1-3-7-22-28-24(23-20-11-10-18(2)16-21(20)33-25(23)29-22)30-12-14-31(15-13-30)26(32)27-17-19-8-5-4-6-9-19/h4-6,8-9,18H,3,7,10-17H2,1-2H3,(H,27,32)/t18-/m0/s1. The molecule has 1 N–H and O–H groups in total. The Hall–Kier alpha value is -2.67. The van der Waals surface area contributed by atoms with Crippen molar-refractivity contribution in [1.82, 2.24) is 20.2 Å². The molecule has 0 radical (unpaired) electrons. The zero-order chi connectivity index (χ0) is 22.8. The van der Waals surface area contributed by atoms with Crippen LogP contribution in [-0.2, 0) is 25.8 Å². The van der Waals surface area contributed by atoms with Crippen molar-refractivity contribution < 1.29 is 4.79 Å². The topological polar surface area (TPSA) is 61.4 Å². The van der Waals surface area contributed by atoms with Gasteiger partial charge in [0, 0.05) is 44.0 Å². The summed E-state index contributed by atoms with van der Waals surface area (Å²) in [5, 5.41) is 4.35. The summed E-state index contributed by atoms with van der Waals surface area (Å²) < 4.78 is 0. The number of anilines is 1. The smallest absolute Gasteiger partial charge is 0.317 e. The SMILES string of the molecule is CCCc1nc(N2CCN(C(=O)NCc3ccccc3)CC2)c2c3c(sc2n1)C[C@@H](C)CC3. The molecule has 3 aromatic rings. The third kappa shape index (κ3) is 4.69. The van der Waals surface area contributed by atoms with Gasteiger partial charge in [-0.3, -0.25) is 0 Å². The van der Waals surface area contributed by atoms with Crippen molar-refractivity contribution in [3.05, 3.63) is 52.2 Å². The largest absolute Gasteiger partial charge is 0.352 e. The molecule has 2 amide bonds. The molecule has 1 fully saturated rings. The summed E-state index contributed by atoms with van der Waals surface area (Å²) in [6.45, 7) is 8.12. The number of amides is 2. The average Bonchev–Trinajstić information content (AvgIpc) is 3.20. The van der Waals surface area contributed by atoms with Crippen molar-refractivity contribution >= 4 is 33.4 Å². The lowest BCUT2D eigenvalue weighted by Gasteiger charge is -2.36. The van der Waals surface area contributed by atoms with Crippen LogP contribution in [0.15, 0.2) is 30.3 Å². The van der Waals surface area contributed by atoms with E-state index in [0.717, 1.165) is 66.7 Å².